The van der Waals surface area contributed by atoms with Crippen LogP contribution in [-0.4, -0.2) is 41.1 Å². The molecule has 0 bridgehead atoms. The van der Waals surface area contributed by atoms with Gasteiger partial charge < -0.3 is 19.5 Å². The van der Waals surface area contributed by atoms with Gasteiger partial charge in [0.05, 0.1) is 20.2 Å². The van der Waals surface area contributed by atoms with E-state index in [-0.39, 0.29) is 11.9 Å². The molecule has 1 N–H and O–H groups in total. The summed E-state index contributed by atoms with van der Waals surface area (Å²) >= 11 is 0. The van der Waals surface area contributed by atoms with Gasteiger partial charge in [-0.05, 0) is 43.2 Å². The third-order valence-corrected chi connectivity index (χ3v) is 4.85. The molecule has 1 unspecified atom stereocenters. The van der Waals surface area contributed by atoms with Gasteiger partial charge in [-0.1, -0.05) is 32.9 Å². The maximum Gasteiger partial charge on any atom is 0.237 e. The van der Waals surface area contributed by atoms with E-state index in [1.807, 2.05) is 29.2 Å². The van der Waals surface area contributed by atoms with Crippen LogP contribution in [0.3, 0.4) is 0 Å². The summed E-state index contributed by atoms with van der Waals surface area (Å²) < 4.78 is 7.53. The van der Waals surface area contributed by atoms with Crippen LogP contribution in [0.15, 0.2) is 42.6 Å². The molecule has 1 atom stereocenters. The van der Waals surface area contributed by atoms with Crippen molar-refractivity contribution in [3.05, 3.63) is 53.9 Å². The second-order valence-corrected chi connectivity index (χ2v) is 7.29. The van der Waals surface area contributed by atoms with Gasteiger partial charge in [0.2, 0.25) is 5.91 Å². The van der Waals surface area contributed by atoms with Crippen LogP contribution in [0.1, 0.15) is 45.4 Å². The number of carbonyl (C=O) groups is 1. The molecule has 0 saturated carbocycles. The Labute approximate surface area is 163 Å². The molecule has 1 amide bonds. The van der Waals surface area contributed by atoms with Crippen LogP contribution in [0.4, 0.5) is 0 Å². The normalized spacial score (nSPS) is 12.2. The second kappa shape index (κ2) is 10.2. The maximum atomic E-state index is 12.8. The lowest BCUT2D eigenvalue weighted by atomic mass is 10.2. The number of rotatable bonds is 10. The van der Waals surface area contributed by atoms with Gasteiger partial charge in [0.25, 0.3) is 0 Å². The van der Waals surface area contributed by atoms with Crippen molar-refractivity contribution >= 4 is 5.91 Å². The third-order valence-electron chi connectivity index (χ3n) is 4.85. The van der Waals surface area contributed by atoms with Crippen molar-refractivity contribution in [3.8, 4) is 5.75 Å². The maximum absolute atomic E-state index is 12.8. The average Bonchev–Trinajstić information content (AvgIpc) is 3.10. The molecule has 1 heterocycles. The Bertz CT molecular complexity index is 724. The number of aromatic nitrogens is 1. The Balaban J connectivity index is 2.14. The van der Waals surface area contributed by atoms with Crippen molar-refractivity contribution < 1.29 is 9.53 Å². The minimum absolute atomic E-state index is 0.146. The fourth-order valence-corrected chi connectivity index (χ4v) is 2.99. The van der Waals surface area contributed by atoms with Crippen LogP contribution in [-0.2, 0) is 17.9 Å². The summed E-state index contributed by atoms with van der Waals surface area (Å²) in [6.45, 7) is 10.1. The zero-order valence-corrected chi connectivity index (χ0v) is 17.2. The highest BCUT2D eigenvalue weighted by Gasteiger charge is 2.20. The van der Waals surface area contributed by atoms with Crippen molar-refractivity contribution in [2.24, 2.45) is 0 Å². The van der Waals surface area contributed by atoms with Gasteiger partial charge in [-0.3, -0.25) is 4.79 Å². The molecule has 0 saturated heterocycles. The molecule has 2 aromatic rings. The molecular formula is C22H33N3O2. The highest BCUT2D eigenvalue weighted by Crippen LogP contribution is 2.17. The fourth-order valence-electron chi connectivity index (χ4n) is 2.99. The lowest BCUT2D eigenvalue weighted by Gasteiger charge is -2.29. The molecule has 1 aromatic carbocycles. The molecule has 2 rings (SSSR count). The number of nitrogens with one attached hydrogen (secondary N) is 1. The van der Waals surface area contributed by atoms with Crippen LogP contribution >= 0.6 is 0 Å². The van der Waals surface area contributed by atoms with Crippen LogP contribution in [0, 0.1) is 0 Å². The van der Waals surface area contributed by atoms with Gasteiger partial charge in [0.1, 0.15) is 5.75 Å². The van der Waals surface area contributed by atoms with E-state index in [0.717, 1.165) is 24.4 Å². The molecule has 0 aliphatic heterocycles. The molecule has 5 heteroatoms. The minimum Gasteiger partial charge on any atom is -0.497 e. The molecule has 0 aliphatic carbocycles. The van der Waals surface area contributed by atoms with E-state index in [9.17, 15) is 4.79 Å². The molecule has 27 heavy (non-hydrogen) atoms. The van der Waals surface area contributed by atoms with Crippen molar-refractivity contribution in [2.75, 3.05) is 13.7 Å². The summed E-state index contributed by atoms with van der Waals surface area (Å²) in [5.41, 5.74) is 2.31. The average molecular weight is 372 g/mol. The number of hydrogen-bond acceptors (Lipinski definition) is 3. The predicted molar refractivity (Wildman–Crippen MR) is 110 cm³/mol. The van der Waals surface area contributed by atoms with E-state index in [1.165, 1.54) is 5.56 Å². The highest BCUT2D eigenvalue weighted by atomic mass is 16.5. The Morgan fingerprint density at radius 3 is 2.67 bits per heavy atom. The first-order chi connectivity index (χ1) is 12.9. The largest absolute Gasteiger partial charge is 0.497 e. The zero-order valence-electron chi connectivity index (χ0n) is 17.2. The van der Waals surface area contributed by atoms with Crippen LogP contribution < -0.4 is 10.1 Å². The third kappa shape index (κ3) is 6.14. The van der Waals surface area contributed by atoms with Gasteiger partial charge >= 0.3 is 0 Å². The topological polar surface area (TPSA) is 46.5 Å². The summed E-state index contributed by atoms with van der Waals surface area (Å²) in [6, 6.07) is 12.7. The fraction of sp³-hybridized carbons (Fsp3) is 0.500. The van der Waals surface area contributed by atoms with Crippen molar-refractivity contribution in [2.45, 2.75) is 59.3 Å². The van der Waals surface area contributed by atoms with Gasteiger partial charge in [-0.25, -0.2) is 0 Å². The first-order valence-electron chi connectivity index (χ1n) is 9.74. The highest BCUT2D eigenvalue weighted by molar-refractivity contribution is 5.78. The Kier molecular flexibility index (Phi) is 7.92. The summed E-state index contributed by atoms with van der Waals surface area (Å²) in [5, 5.41) is 3.24. The first-order valence-corrected chi connectivity index (χ1v) is 9.74. The van der Waals surface area contributed by atoms with Gasteiger partial charge in [-0.15, -0.1) is 0 Å². The van der Waals surface area contributed by atoms with E-state index in [4.69, 9.17) is 4.74 Å². The molecule has 148 valence electrons. The second-order valence-electron chi connectivity index (χ2n) is 7.29. The van der Waals surface area contributed by atoms with Crippen molar-refractivity contribution in [3.63, 3.8) is 0 Å². The number of nitrogens with zero attached hydrogens (tertiary/aromatic N) is 2. The predicted octanol–water partition coefficient (Wildman–Crippen LogP) is 3.67. The lowest BCUT2D eigenvalue weighted by molar-refractivity contribution is -0.133. The van der Waals surface area contributed by atoms with Gasteiger partial charge in [0.15, 0.2) is 0 Å². The smallest absolute Gasteiger partial charge is 0.237 e. The number of amides is 1. The van der Waals surface area contributed by atoms with Crippen molar-refractivity contribution in [1.82, 2.24) is 14.8 Å². The molecule has 0 radical (unpaired) electrons. The lowest BCUT2D eigenvalue weighted by Crippen LogP contribution is -2.44. The number of benzene rings is 1. The summed E-state index contributed by atoms with van der Waals surface area (Å²) in [7, 11) is 1.68. The van der Waals surface area contributed by atoms with E-state index in [0.29, 0.717) is 19.1 Å². The molecule has 0 spiro atoms. The van der Waals surface area contributed by atoms with E-state index >= 15 is 0 Å². The molecule has 0 aliphatic rings. The van der Waals surface area contributed by atoms with E-state index in [1.54, 1.807) is 7.11 Å². The first kappa shape index (κ1) is 21.0. The minimum atomic E-state index is 0.146. The zero-order chi connectivity index (χ0) is 19.8. The molecular weight excluding hydrogens is 338 g/mol. The summed E-state index contributed by atoms with van der Waals surface area (Å²) in [4.78, 5) is 14.7. The summed E-state index contributed by atoms with van der Waals surface area (Å²) in [6.07, 6.45) is 3.00. The van der Waals surface area contributed by atoms with Crippen LogP contribution in [0.5, 0.6) is 5.75 Å². The molecule has 5 nitrogen and oxygen atoms in total. The van der Waals surface area contributed by atoms with Crippen LogP contribution in [0.25, 0.3) is 0 Å². The number of carbonyl (C=O) groups excluding carboxylic acids is 1. The Morgan fingerprint density at radius 2 is 2.00 bits per heavy atom. The molecule has 0 fully saturated rings. The summed E-state index contributed by atoms with van der Waals surface area (Å²) in [5.74, 6) is 1.00. The van der Waals surface area contributed by atoms with E-state index < -0.39 is 0 Å². The Hall–Kier alpha value is -2.27. The van der Waals surface area contributed by atoms with Gasteiger partial charge in [-0.2, -0.15) is 0 Å². The van der Waals surface area contributed by atoms with E-state index in [2.05, 4.69) is 55.9 Å². The number of methoxy groups -OCH3 is 1. The Morgan fingerprint density at radius 1 is 1.22 bits per heavy atom. The SMILES string of the molecule is CCC(C)N(Cc1cccn1Cc1cccc(OC)c1)C(=O)CNC(C)C. The quantitative estimate of drug-likeness (QED) is 0.693. The molecule has 1 aromatic heterocycles. The standard InChI is InChI=1S/C22H33N3O2/c1-6-18(4)25(22(26)14-23-17(2)3)16-20-10-8-12-24(20)15-19-9-7-11-21(13-19)27-5/h7-13,17-18,23H,6,14-16H2,1-5H3. The van der Waals surface area contributed by atoms with Crippen molar-refractivity contribution in [1.29, 1.82) is 0 Å². The van der Waals surface area contributed by atoms with Gasteiger partial charge in [0, 0.05) is 30.5 Å². The number of hydrogen-bond donors (Lipinski definition) is 1. The monoisotopic (exact) mass is 371 g/mol. The van der Waals surface area contributed by atoms with Crippen LogP contribution in [0.2, 0.25) is 0 Å². The number of ether oxygens (including phenoxy) is 1.